The molecule has 0 aromatic heterocycles. The van der Waals surface area contributed by atoms with Gasteiger partial charge in [-0.05, 0) is 44.9 Å². The van der Waals surface area contributed by atoms with E-state index in [1.54, 1.807) is 0 Å². The Kier molecular flexibility index (Phi) is 15.5. The first-order valence-corrected chi connectivity index (χ1v) is 12.3. The third-order valence-corrected chi connectivity index (χ3v) is 5.64. The highest BCUT2D eigenvalue weighted by Crippen LogP contribution is 2.27. The van der Waals surface area contributed by atoms with Crippen molar-refractivity contribution in [3.8, 4) is 0 Å². The molecule has 0 bridgehead atoms. The molecule has 1 unspecified atom stereocenters. The van der Waals surface area contributed by atoms with E-state index in [1.165, 1.54) is 0 Å². The van der Waals surface area contributed by atoms with Crippen LogP contribution in [0.2, 0.25) is 0 Å². The molecule has 1 aliphatic rings. The monoisotopic (exact) mass is 413 g/mol. The summed E-state index contributed by atoms with van der Waals surface area (Å²) < 4.78 is 18.3. The van der Waals surface area contributed by atoms with E-state index >= 15 is 0 Å². The van der Waals surface area contributed by atoms with Gasteiger partial charge < -0.3 is 19.1 Å². The average molecular weight is 414 g/mol. The van der Waals surface area contributed by atoms with Crippen LogP contribution >= 0.6 is 0 Å². The Labute approximate surface area is 179 Å². The lowest BCUT2D eigenvalue weighted by molar-refractivity contribution is -0.144. The van der Waals surface area contributed by atoms with Gasteiger partial charge in [0, 0.05) is 26.3 Å². The molecule has 29 heavy (non-hydrogen) atoms. The minimum Gasteiger partial charge on any atom is -0.378 e. The van der Waals surface area contributed by atoms with Crippen molar-refractivity contribution in [2.75, 3.05) is 32.9 Å². The van der Waals surface area contributed by atoms with Gasteiger partial charge in [-0.1, -0.05) is 53.4 Å². The Bertz CT molecular complexity index is 378. The number of hydrogen-bond acceptors (Lipinski definition) is 4. The molecule has 0 radical (unpaired) electrons. The van der Waals surface area contributed by atoms with E-state index in [1.807, 2.05) is 4.90 Å². The van der Waals surface area contributed by atoms with Crippen molar-refractivity contribution in [3.05, 3.63) is 0 Å². The lowest BCUT2D eigenvalue weighted by Gasteiger charge is -2.35. The Hall–Kier alpha value is -0.650. The summed E-state index contributed by atoms with van der Waals surface area (Å²) in [5.74, 6) is 0.129. The molecule has 0 saturated heterocycles. The van der Waals surface area contributed by atoms with Gasteiger partial charge in [0.05, 0.1) is 18.3 Å². The first-order chi connectivity index (χ1) is 14.1. The van der Waals surface area contributed by atoms with E-state index in [0.717, 1.165) is 96.9 Å². The number of ether oxygens (including phenoxy) is 3. The van der Waals surface area contributed by atoms with E-state index < -0.39 is 0 Å². The van der Waals surface area contributed by atoms with Crippen LogP contribution in [0, 0.1) is 0 Å². The summed E-state index contributed by atoms with van der Waals surface area (Å²) in [5, 5.41) is 0. The molecule has 1 rings (SSSR count). The normalized spacial score (nSPS) is 22.0. The lowest BCUT2D eigenvalue weighted by Crippen LogP contribution is -2.41. The minimum atomic E-state index is 0.0464. The van der Waals surface area contributed by atoms with Gasteiger partial charge in [0.1, 0.15) is 6.61 Å². The second-order valence-electron chi connectivity index (χ2n) is 8.42. The van der Waals surface area contributed by atoms with Crippen molar-refractivity contribution >= 4 is 5.91 Å². The van der Waals surface area contributed by atoms with Gasteiger partial charge >= 0.3 is 0 Å². The van der Waals surface area contributed by atoms with E-state index in [9.17, 15) is 4.79 Å². The highest BCUT2D eigenvalue weighted by molar-refractivity contribution is 5.77. The average Bonchev–Trinajstić information content (AvgIpc) is 2.72. The molecule has 0 heterocycles. The van der Waals surface area contributed by atoms with Gasteiger partial charge in [0.25, 0.3) is 0 Å². The van der Waals surface area contributed by atoms with Crippen LogP contribution in [0.5, 0.6) is 0 Å². The highest BCUT2D eigenvalue weighted by Gasteiger charge is 2.31. The molecule has 0 N–H and O–H groups in total. The van der Waals surface area contributed by atoms with Crippen LogP contribution in [0.1, 0.15) is 98.3 Å². The molecule has 1 fully saturated rings. The van der Waals surface area contributed by atoms with Crippen LogP contribution in [-0.4, -0.2) is 62.0 Å². The molecular formula is C24H47NO4. The molecule has 0 aliphatic heterocycles. The standard InChI is InChI=1S/C24H47NO4/c1-5-9-13-25(14-10-6-2)24(26)20-29-23-18-21(27-15-11-7-3)17-22(19-23)28-16-12-8-4/h21-23H,5-20H2,1-4H3/t21-,22+,23?. The first kappa shape index (κ1) is 26.4. The molecular weight excluding hydrogens is 366 g/mol. The quantitative estimate of drug-likeness (QED) is 0.301. The molecule has 0 aromatic carbocycles. The fourth-order valence-corrected chi connectivity index (χ4v) is 3.70. The summed E-state index contributed by atoms with van der Waals surface area (Å²) in [5.41, 5.74) is 0. The summed E-state index contributed by atoms with van der Waals surface area (Å²) in [6.07, 6.45) is 11.9. The van der Waals surface area contributed by atoms with Crippen molar-refractivity contribution in [1.82, 2.24) is 4.90 Å². The Morgan fingerprint density at radius 1 is 0.690 bits per heavy atom. The van der Waals surface area contributed by atoms with E-state index in [0.29, 0.717) is 0 Å². The fraction of sp³-hybridized carbons (Fsp3) is 0.958. The molecule has 0 aromatic rings. The van der Waals surface area contributed by atoms with Crippen LogP contribution in [-0.2, 0) is 19.0 Å². The molecule has 5 nitrogen and oxygen atoms in total. The number of carbonyl (C=O) groups excluding carboxylic acids is 1. The second-order valence-corrected chi connectivity index (χ2v) is 8.42. The molecule has 5 heteroatoms. The number of rotatable bonds is 17. The number of unbranched alkanes of at least 4 members (excludes halogenated alkanes) is 4. The van der Waals surface area contributed by atoms with Gasteiger partial charge in [-0.2, -0.15) is 0 Å². The summed E-state index contributed by atoms with van der Waals surface area (Å²) in [6, 6.07) is 0. The smallest absolute Gasteiger partial charge is 0.248 e. The zero-order chi connectivity index (χ0) is 21.3. The van der Waals surface area contributed by atoms with E-state index in [4.69, 9.17) is 14.2 Å². The predicted octanol–water partition coefficient (Wildman–Crippen LogP) is 5.35. The van der Waals surface area contributed by atoms with Crippen molar-refractivity contribution < 1.29 is 19.0 Å². The summed E-state index contributed by atoms with van der Waals surface area (Å²) in [4.78, 5) is 14.7. The van der Waals surface area contributed by atoms with Crippen molar-refractivity contribution in [3.63, 3.8) is 0 Å². The highest BCUT2D eigenvalue weighted by atomic mass is 16.5. The number of amides is 1. The number of nitrogens with zero attached hydrogens (tertiary/aromatic N) is 1. The van der Waals surface area contributed by atoms with E-state index in [2.05, 4.69) is 27.7 Å². The van der Waals surface area contributed by atoms with Crippen molar-refractivity contribution in [2.45, 2.75) is 117 Å². The van der Waals surface area contributed by atoms with Gasteiger partial charge in [-0.15, -0.1) is 0 Å². The molecule has 0 spiro atoms. The third-order valence-electron chi connectivity index (χ3n) is 5.64. The largest absolute Gasteiger partial charge is 0.378 e. The zero-order valence-electron chi connectivity index (χ0n) is 19.6. The Balaban J connectivity index is 2.54. The molecule has 1 amide bonds. The summed E-state index contributed by atoms with van der Waals surface area (Å²) >= 11 is 0. The number of carbonyl (C=O) groups is 1. The summed E-state index contributed by atoms with van der Waals surface area (Å²) in [7, 11) is 0. The molecule has 3 atom stereocenters. The second kappa shape index (κ2) is 17.1. The molecule has 1 aliphatic carbocycles. The molecule has 172 valence electrons. The number of hydrogen-bond donors (Lipinski definition) is 0. The topological polar surface area (TPSA) is 48.0 Å². The van der Waals surface area contributed by atoms with Gasteiger partial charge in [-0.25, -0.2) is 0 Å². The first-order valence-electron chi connectivity index (χ1n) is 12.3. The van der Waals surface area contributed by atoms with Crippen LogP contribution in [0.15, 0.2) is 0 Å². The summed E-state index contributed by atoms with van der Waals surface area (Å²) in [6.45, 7) is 12.2. The van der Waals surface area contributed by atoms with Crippen molar-refractivity contribution in [1.29, 1.82) is 0 Å². The Morgan fingerprint density at radius 3 is 1.52 bits per heavy atom. The van der Waals surface area contributed by atoms with Crippen LogP contribution in [0.25, 0.3) is 0 Å². The van der Waals surface area contributed by atoms with Crippen LogP contribution in [0.4, 0.5) is 0 Å². The maximum Gasteiger partial charge on any atom is 0.248 e. The van der Waals surface area contributed by atoms with Crippen molar-refractivity contribution in [2.24, 2.45) is 0 Å². The maximum absolute atomic E-state index is 12.7. The molecule has 1 saturated carbocycles. The van der Waals surface area contributed by atoms with E-state index in [-0.39, 0.29) is 30.8 Å². The SMILES string of the molecule is CCCCO[C@@H]1CC(OCC(=O)N(CCCC)CCCC)C[C@H](OCCCC)C1. The third kappa shape index (κ3) is 12.0. The zero-order valence-corrected chi connectivity index (χ0v) is 19.6. The fourth-order valence-electron chi connectivity index (χ4n) is 3.70. The lowest BCUT2D eigenvalue weighted by atomic mass is 9.92. The van der Waals surface area contributed by atoms with Gasteiger partial charge in [0.15, 0.2) is 0 Å². The van der Waals surface area contributed by atoms with Crippen LogP contribution in [0.3, 0.4) is 0 Å². The predicted molar refractivity (Wildman–Crippen MR) is 119 cm³/mol. The minimum absolute atomic E-state index is 0.0464. The Morgan fingerprint density at radius 2 is 1.10 bits per heavy atom. The van der Waals surface area contributed by atoms with Gasteiger partial charge in [-0.3, -0.25) is 4.79 Å². The van der Waals surface area contributed by atoms with Gasteiger partial charge in [0.2, 0.25) is 5.91 Å². The maximum atomic E-state index is 12.7. The van der Waals surface area contributed by atoms with Crippen LogP contribution < -0.4 is 0 Å².